The highest BCUT2D eigenvalue weighted by atomic mass is 16.4. The first-order valence-corrected chi connectivity index (χ1v) is 9.42. The largest absolute Gasteiger partial charge is 0.481 e. The summed E-state index contributed by atoms with van der Waals surface area (Å²) in [6.07, 6.45) is 12.6. The van der Waals surface area contributed by atoms with Crippen LogP contribution in [0.3, 0.4) is 0 Å². The van der Waals surface area contributed by atoms with Gasteiger partial charge in [0.05, 0.1) is 12.1 Å². The van der Waals surface area contributed by atoms with Gasteiger partial charge in [-0.3, -0.25) is 9.59 Å². The van der Waals surface area contributed by atoms with Crippen LogP contribution in [0.2, 0.25) is 0 Å². The van der Waals surface area contributed by atoms with E-state index in [0.717, 1.165) is 57.9 Å². The van der Waals surface area contributed by atoms with Crippen molar-refractivity contribution in [2.45, 2.75) is 89.7 Å². The molecule has 1 aliphatic heterocycles. The van der Waals surface area contributed by atoms with Crippen molar-refractivity contribution in [3.63, 3.8) is 0 Å². The lowest BCUT2D eigenvalue weighted by atomic mass is 10.1. The number of carbonyl (C=O) groups excluding carboxylic acids is 1. The molecule has 0 radical (unpaired) electrons. The van der Waals surface area contributed by atoms with Gasteiger partial charge in [0.1, 0.15) is 0 Å². The van der Waals surface area contributed by atoms with Gasteiger partial charge >= 0.3 is 5.97 Å². The lowest BCUT2D eigenvalue weighted by Gasteiger charge is -2.22. The number of hydrogen-bond acceptors (Lipinski definition) is 3. The summed E-state index contributed by atoms with van der Waals surface area (Å²) in [5.74, 6) is -0.553. The lowest BCUT2D eigenvalue weighted by Crippen LogP contribution is -2.32. The summed E-state index contributed by atoms with van der Waals surface area (Å²) in [7, 11) is 0. The maximum atomic E-state index is 12.0. The molecule has 1 amide bonds. The number of amides is 1. The molecule has 0 aliphatic carbocycles. The summed E-state index contributed by atoms with van der Waals surface area (Å²) >= 11 is 0. The zero-order valence-electron chi connectivity index (χ0n) is 15.0. The minimum atomic E-state index is -0.743. The van der Waals surface area contributed by atoms with Crippen molar-refractivity contribution in [3.05, 3.63) is 12.2 Å². The molecule has 1 saturated heterocycles. The maximum absolute atomic E-state index is 12.0. The SMILES string of the molecule is CCCCCC(O)C=CC1CCC(=O)N1CCCCCCC(=O)O. The normalized spacial score (nSPS) is 19.3. The molecule has 1 fully saturated rings. The summed E-state index contributed by atoms with van der Waals surface area (Å²) in [5, 5.41) is 18.6. The molecule has 5 heteroatoms. The monoisotopic (exact) mass is 339 g/mol. The molecule has 1 aliphatic rings. The maximum Gasteiger partial charge on any atom is 0.303 e. The minimum Gasteiger partial charge on any atom is -0.481 e. The van der Waals surface area contributed by atoms with Crippen molar-refractivity contribution in [2.75, 3.05) is 6.54 Å². The van der Waals surface area contributed by atoms with Crippen LogP contribution in [0.25, 0.3) is 0 Å². The van der Waals surface area contributed by atoms with Crippen molar-refractivity contribution >= 4 is 11.9 Å². The van der Waals surface area contributed by atoms with E-state index in [1.54, 1.807) is 0 Å². The zero-order chi connectivity index (χ0) is 17.8. The van der Waals surface area contributed by atoms with Gasteiger partial charge in [-0.15, -0.1) is 0 Å². The number of rotatable bonds is 13. The molecule has 1 rings (SSSR count). The highest BCUT2D eigenvalue weighted by Gasteiger charge is 2.28. The van der Waals surface area contributed by atoms with E-state index in [0.29, 0.717) is 12.8 Å². The van der Waals surface area contributed by atoms with Gasteiger partial charge in [0, 0.05) is 19.4 Å². The third kappa shape index (κ3) is 8.48. The van der Waals surface area contributed by atoms with Crippen LogP contribution in [0.4, 0.5) is 0 Å². The van der Waals surface area contributed by atoms with E-state index >= 15 is 0 Å². The van der Waals surface area contributed by atoms with Gasteiger partial charge < -0.3 is 15.1 Å². The van der Waals surface area contributed by atoms with Crippen LogP contribution >= 0.6 is 0 Å². The summed E-state index contributed by atoms with van der Waals surface area (Å²) in [6, 6.07) is 0.109. The second kappa shape index (κ2) is 12.1. The quantitative estimate of drug-likeness (QED) is 0.397. The molecular weight excluding hydrogens is 306 g/mol. The number of aliphatic hydroxyl groups is 1. The molecule has 1 heterocycles. The van der Waals surface area contributed by atoms with Crippen LogP contribution in [-0.2, 0) is 9.59 Å². The van der Waals surface area contributed by atoms with Gasteiger partial charge in [-0.1, -0.05) is 51.2 Å². The Morgan fingerprint density at radius 3 is 2.71 bits per heavy atom. The highest BCUT2D eigenvalue weighted by molar-refractivity contribution is 5.79. The van der Waals surface area contributed by atoms with E-state index in [2.05, 4.69) is 6.92 Å². The summed E-state index contributed by atoms with van der Waals surface area (Å²) in [6.45, 7) is 2.87. The third-order valence-electron chi connectivity index (χ3n) is 4.57. The second-order valence-corrected chi connectivity index (χ2v) is 6.70. The molecule has 24 heavy (non-hydrogen) atoms. The number of nitrogens with zero attached hydrogens (tertiary/aromatic N) is 1. The molecular formula is C19H33NO4. The van der Waals surface area contributed by atoms with Crippen LogP contribution < -0.4 is 0 Å². The lowest BCUT2D eigenvalue weighted by molar-refractivity contribution is -0.137. The number of likely N-dealkylation sites (tertiary alicyclic amines) is 1. The topological polar surface area (TPSA) is 77.8 Å². The number of aliphatic hydroxyl groups excluding tert-OH is 1. The van der Waals surface area contributed by atoms with Gasteiger partial charge in [0.25, 0.3) is 0 Å². The molecule has 2 unspecified atom stereocenters. The predicted octanol–water partition coefficient (Wildman–Crippen LogP) is 3.51. The van der Waals surface area contributed by atoms with E-state index in [4.69, 9.17) is 5.11 Å². The number of aliphatic carboxylic acids is 1. The molecule has 0 aromatic rings. The smallest absolute Gasteiger partial charge is 0.303 e. The van der Waals surface area contributed by atoms with E-state index in [1.807, 2.05) is 17.1 Å². The zero-order valence-corrected chi connectivity index (χ0v) is 15.0. The van der Waals surface area contributed by atoms with Crippen molar-refractivity contribution < 1.29 is 19.8 Å². The van der Waals surface area contributed by atoms with Crippen LogP contribution in [-0.4, -0.2) is 45.7 Å². The minimum absolute atomic E-state index is 0.109. The fourth-order valence-corrected chi connectivity index (χ4v) is 3.11. The fourth-order valence-electron chi connectivity index (χ4n) is 3.11. The van der Waals surface area contributed by atoms with Crippen molar-refractivity contribution in [2.24, 2.45) is 0 Å². The molecule has 138 valence electrons. The average Bonchev–Trinajstić information content (AvgIpc) is 2.89. The first-order chi connectivity index (χ1) is 11.5. The van der Waals surface area contributed by atoms with E-state index < -0.39 is 12.1 Å². The summed E-state index contributed by atoms with van der Waals surface area (Å²) in [4.78, 5) is 24.4. The first kappa shape index (κ1) is 20.7. The van der Waals surface area contributed by atoms with Gasteiger partial charge in [-0.2, -0.15) is 0 Å². The molecule has 0 aromatic carbocycles. The van der Waals surface area contributed by atoms with E-state index in [-0.39, 0.29) is 18.4 Å². The standard InChI is InChI=1S/C19H33NO4/c1-2-3-6-9-17(21)13-11-16-12-14-18(22)20(16)15-8-5-4-7-10-19(23)24/h11,13,16-17,21H,2-10,12,14-15H2,1H3,(H,23,24). The molecule has 5 nitrogen and oxygen atoms in total. The highest BCUT2D eigenvalue weighted by Crippen LogP contribution is 2.21. The molecule has 2 N–H and O–H groups in total. The summed E-state index contributed by atoms with van der Waals surface area (Å²) < 4.78 is 0. The van der Waals surface area contributed by atoms with Crippen LogP contribution in [0.15, 0.2) is 12.2 Å². The van der Waals surface area contributed by atoms with Gasteiger partial charge in [-0.25, -0.2) is 0 Å². The fraction of sp³-hybridized carbons (Fsp3) is 0.789. The number of carbonyl (C=O) groups is 2. The molecule has 0 spiro atoms. The Hall–Kier alpha value is -1.36. The Balaban J connectivity index is 2.28. The molecule has 2 atom stereocenters. The Labute approximate surface area is 145 Å². The number of hydrogen-bond donors (Lipinski definition) is 2. The van der Waals surface area contributed by atoms with Crippen LogP contribution in [0.1, 0.15) is 77.6 Å². The van der Waals surface area contributed by atoms with Gasteiger partial charge in [0.2, 0.25) is 5.91 Å². The Bertz CT molecular complexity index is 408. The number of carboxylic acid groups (broad SMARTS) is 1. The Kier molecular flexibility index (Phi) is 10.4. The van der Waals surface area contributed by atoms with Crippen molar-refractivity contribution in [3.8, 4) is 0 Å². The van der Waals surface area contributed by atoms with Crippen molar-refractivity contribution in [1.29, 1.82) is 0 Å². The van der Waals surface area contributed by atoms with E-state index in [9.17, 15) is 14.7 Å². The number of unbranched alkanes of at least 4 members (excludes halogenated alkanes) is 5. The summed E-state index contributed by atoms with van der Waals surface area (Å²) in [5.41, 5.74) is 0. The molecule has 0 saturated carbocycles. The Morgan fingerprint density at radius 1 is 1.25 bits per heavy atom. The average molecular weight is 339 g/mol. The molecule has 0 aromatic heterocycles. The number of carboxylic acids is 1. The van der Waals surface area contributed by atoms with E-state index in [1.165, 1.54) is 0 Å². The van der Waals surface area contributed by atoms with Crippen LogP contribution in [0.5, 0.6) is 0 Å². The predicted molar refractivity (Wildman–Crippen MR) is 94.7 cm³/mol. The Morgan fingerprint density at radius 2 is 2.00 bits per heavy atom. The second-order valence-electron chi connectivity index (χ2n) is 6.70. The van der Waals surface area contributed by atoms with Gasteiger partial charge in [0.15, 0.2) is 0 Å². The molecule has 0 bridgehead atoms. The van der Waals surface area contributed by atoms with Gasteiger partial charge in [-0.05, 0) is 25.7 Å². The van der Waals surface area contributed by atoms with Crippen molar-refractivity contribution in [1.82, 2.24) is 4.90 Å². The van der Waals surface area contributed by atoms with Crippen LogP contribution in [0, 0.1) is 0 Å². The third-order valence-corrected chi connectivity index (χ3v) is 4.57. The first-order valence-electron chi connectivity index (χ1n) is 9.42.